The molecule has 0 radical (unpaired) electrons. The first-order valence-electron chi connectivity index (χ1n) is 13.3. The number of primary sulfonamides is 1. The van der Waals surface area contributed by atoms with E-state index in [1.807, 2.05) is 44.2 Å². The molecule has 2 aromatic heterocycles. The van der Waals surface area contributed by atoms with E-state index >= 15 is 0 Å². The molecule has 11 heteroatoms. The predicted molar refractivity (Wildman–Crippen MR) is 168 cm³/mol. The highest BCUT2D eigenvalue weighted by Gasteiger charge is 2.19. The SMILES string of the molecule is CCS(=O)(=O)c1ccc(-c2cc3cc(-c4cnc(NC(C)C)c(-c5ccccc5S(N)(=O)=O)c4)ccc3nc2N)cc1. The van der Waals surface area contributed by atoms with Gasteiger partial charge in [-0.15, -0.1) is 0 Å². The molecule has 5 aromatic rings. The second-order valence-electron chi connectivity index (χ2n) is 10.2. The number of hydrogen-bond acceptors (Lipinski definition) is 8. The van der Waals surface area contributed by atoms with Crippen LogP contribution in [0.2, 0.25) is 0 Å². The number of sulfone groups is 1. The molecule has 0 aliphatic rings. The zero-order chi connectivity index (χ0) is 30.2. The average Bonchev–Trinajstić information content (AvgIpc) is 2.96. The third-order valence-corrected chi connectivity index (χ3v) is 9.60. The summed E-state index contributed by atoms with van der Waals surface area (Å²) in [5.41, 5.74) is 11.1. The van der Waals surface area contributed by atoms with Gasteiger partial charge in [0.05, 0.1) is 21.1 Å². The highest BCUT2D eigenvalue weighted by atomic mass is 32.2. The summed E-state index contributed by atoms with van der Waals surface area (Å²) in [6.07, 6.45) is 1.73. The van der Waals surface area contributed by atoms with Crippen molar-refractivity contribution in [3.05, 3.63) is 85.1 Å². The van der Waals surface area contributed by atoms with Crippen LogP contribution in [0.5, 0.6) is 0 Å². The monoisotopic (exact) mass is 601 g/mol. The van der Waals surface area contributed by atoms with Gasteiger partial charge in [0.15, 0.2) is 9.84 Å². The Morgan fingerprint density at radius 3 is 2.17 bits per heavy atom. The number of sulfonamides is 1. The topological polar surface area (TPSA) is 158 Å². The first kappa shape index (κ1) is 29.2. The largest absolute Gasteiger partial charge is 0.383 e. The summed E-state index contributed by atoms with van der Waals surface area (Å²) in [5.74, 6) is 0.887. The first-order chi connectivity index (χ1) is 19.9. The van der Waals surface area contributed by atoms with Crippen molar-refractivity contribution in [1.29, 1.82) is 0 Å². The summed E-state index contributed by atoms with van der Waals surface area (Å²) in [6.45, 7) is 5.56. The van der Waals surface area contributed by atoms with Crippen LogP contribution in [0.15, 0.2) is 94.9 Å². The van der Waals surface area contributed by atoms with E-state index in [9.17, 15) is 16.8 Å². The third kappa shape index (κ3) is 5.85. The minimum atomic E-state index is -3.99. The molecule has 0 atom stereocenters. The number of nitrogen functional groups attached to an aromatic ring is 1. The smallest absolute Gasteiger partial charge is 0.238 e. The average molecular weight is 602 g/mol. The van der Waals surface area contributed by atoms with Crippen molar-refractivity contribution >= 4 is 42.4 Å². The van der Waals surface area contributed by atoms with E-state index in [1.54, 1.807) is 55.6 Å². The molecule has 3 aromatic carbocycles. The summed E-state index contributed by atoms with van der Waals surface area (Å²) >= 11 is 0. The van der Waals surface area contributed by atoms with Gasteiger partial charge in [-0.1, -0.05) is 43.3 Å². The number of hydrogen-bond donors (Lipinski definition) is 3. The number of nitrogens with one attached hydrogen (secondary N) is 1. The van der Waals surface area contributed by atoms with Crippen molar-refractivity contribution in [1.82, 2.24) is 9.97 Å². The summed E-state index contributed by atoms with van der Waals surface area (Å²) in [5, 5.41) is 9.67. The number of aromatic nitrogens is 2. The second kappa shape index (κ2) is 11.2. The molecular weight excluding hydrogens is 571 g/mol. The fourth-order valence-electron chi connectivity index (χ4n) is 4.76. The van der Waals surface area contributed by atoms with Crippen molar-refractivity contribution in [2.24, 2.45) is 5.14 Å². The number of benzene rings is 3. The van der Waals surface area contributed by atoms with E-state index in [0.717, 1.165) is 22.1 Å². The molecule has 0 unspecified atom stereocenters. The van der Waals surface area contributed by atoms with Gasteiger partial charge in [-0.25, -0.2) is 31.9 Å². The zero-order valence-electron chi connectivity index (χ0n) is 23.4. The molecule has 0 saturated heterocycles. The lowest BCUT2D eigenvalue weighted by Gasteiger charge is -2.17. The van der Waals surface area contributed by atoms with Crippen LogP contribution >= 0.6 is 0 Å². The second-order valence-corrected chi connectivity index (χ2v) is 14.0. The lowest BCUT2D eigenvalue weighted by atomic mass is 9.98. The maximum Gasteiger partial charge on any atom is 0.238 e. The Balaban J connectivity index is 1.62. The minimum absolute atomic E-state index is 0.0105. The van der Waals surface area contributed by atoms with E-state index in [0.29, 0.717) is 33.8 Å². The molecule has 5 N–H and O–H groups in total. The molecule has 2 heterocycles. The van der Waals surface area contributed by atoms with Gasteiger partial charge in [-0.05, 0) is 67.4 Å². The van der Waals surface area contributed by atoms with E-state index in [-0.39, 0.29) is 21.6 Å². The lowest BCUT2D eigenvalue weighted by Crippen LogP contribution is -2.15. The van der Waals surface area contributed by atoms with Gasteiger partial charge in [0.25, 0.3) is 0 Å². The van der Waals surface area contributed by atoms with Gasteiger partial charge in [-0.3, -0.25) is 0 Å². The molecule has 0 saturated carbocycles. The lowest BCUT2D eigenvalue weighted by molar-refractivity contribution is 0.596. The molecule has 0 spiro atoms. The van der Waals surface area contributed by atoms with Crippen LogP contribution in [-0.2, 0) is 19.9 Å². The first-order valence-corrected chi connectivity index (χ1v) is 16.5. The molecule has 0 fully saturated rings. The molecule has 216 valence electrons. The van der Waals surface area contributed by atoms with Crippen molar-refractivity contribution in [3.8, 4) is 33.4 Å². The molecule has 0 aliphatic heterocycles. The van der Waals surface area contributed by atoms with Gasteiger partial charge in [0.1, 0.15) is 11.6 Å². The van der Waals surface area contributed by atoms with E-state index in [4.69, 9.17) is 10.9 Å². The standard InChI is InChI=1S/C31H31N5O4S2/c1-4-41(37,38)24-12-9-20(10-13-24)26-16-22-15-21(11-14-28(22)36-30(26)32)23-17-27(31(34-18-23)35-19(2)3)25-7-5-6-8-29(25)42(33,39)40/h5-19H,4H2,1-3H3,(H2,32,36)(H,34,35)(H2,33,39,40). The van der Waals surface area contributed by atoms with Gasteiger partial charge in [0.2, 0.25) is 10.0 Å². The van der Waals surface area contributed by atoms with E-state index < -0.39 is 19.9 Å². The molecule has 0 bridgehead atoms. The van der Waals surface area contributed by atoms with Crippen LogP contribution in [0.4, 0.5) is 11.6 Å². The Bertz CT molecular complexity index is 2030. The fraction of sp³-hybridized carbons (Fsp3) is 0.161. The molecule has 9 nitrogen and oxygen atoms in total. The Morgan fingerprint density at radius 1 is 0.810 bits per heavy atom. The molecule has 0 aliphatic carbocycles. The van der Waals surface area contributed by atoms with Crippen LogP contribution in [0, 0.1) is 0 Å². The van der Waals surface area contributed by atoms with Crippen LogP contribution in [0.25, 0.3) is 44.3 Å². The Hall–Kier alpha value is -4.32. The predicted octanol–water partition coefficient (Wildman–Crippen LogP) is 5.47. The molecule has 5 rings (SSSR count). The van der Waals surface area contributed by atoms with Crippen LogP contribution in [0.1, 0.15) is 20.8 Å². The normalized spacial score (nSPS) is 12.1. The Labute approximate surface area is 245 Å². The number of anilines is 2. The summed E-state index contributed by atoms with van der Waals surface area (Å²) in [4.78, 5) is 9.50. The fourth-order valence-corrected chi connectivity index (χ4v) is 6.40. The summed E-state index contributed by atoms with van der Waals surface area (Å²) in [6, 6.07) is 22.8. The van der Waals surface area contributed by atoms with Gasteiger partial charge >= 0.3 is 0 Å². The van der Waals surface area contributed by atoms with Crippen LogP contribution in [0.3, 0.4) is 0 Å². The number of fused-ring (bicyclic) bond motifs is 1. The maximum atomic E-state index is 12.4. The van der Waals surface area contributed by atoms with Crippen molar-refractivity contribution in [2.75, 3.05) is 16.8 Å². The molecule has 42 heavy (non-hydrogen) atoms. The van der Waals surface area contributed by atoms with E-state index in [2.05, 4.69) is 15.3 Å². The highest BCUT2D eigenvalue weighted by Crippen LogP contribution is 2.36. The van der Waals surface area contributed by atoms with Crippen molar-refractivity contribution in [2.45, 2.75) is 36.6 Å². The Morgan fingerprint density at radius 2 is 1.50 bits per heavy atom. The number of nitrogens with two attached hydrogens (primary N) is 2. The van der Waals surface area contributed by atoms with Crippen molar-refractivity contribution < 1.29 is 16.8 Å². The van der Waals surface area contributed by atoms with E-state index in [1.165, 1.54) is 6.07 Å². The molecular formula is C31H31N5O4S2. The maximum absolute atomic E-state index is 12.4. The Kier molecular flexibility index (Phi) is 7.76. The van der Waals surface area contributed by atoms with Crippen molar-refractivity contribution in [3.63, 3.8) is 0 Å². The summed E-state index contributed by atoms with van der Waals surface area (Å²) < 4.78 is 49.3. The van der Waals surface area contributed by atoms with Crippen LogP contribution < -0.4 is 16.2 Å². The van der Waals surface area contributed by atoms with Gasteiger partial charge in [0, 0.05) is 39.9 Å². The zero-order valence-corrected chi connectivity index (χ0v) is 25.0. The molecule has 0 amide bonds. The number of nitrogens with zero attached hydrogens (tertiary/aromatic N) is 2. The number of pyridine rings is 2. The number of rotatable bonds is 8. The van der Waals surface area contributed by atoms with Crippen LogP contribution in [-0.4, -0.2) is 38.6 Å². The minimum Gasteiger partial charge on any atom is -0.383 e. The van der Waals surface area contributed by atoms with Gasteiger partial charge in [-0.2, -0.15) is 0 Å². The quantitative estimate of drug-likeness (QED) is 0.211. The third-order valence-electron chi connectivity index (χ3n) is 6.88. The van der Waals surface area contributed by atoms with Gasteiger partial charge < -0.3 is 11.1 Å². The highest BCUT2D eigenvalue weighted by molar-refractivity contribution is 7.91. The summed E-state index contributed by atoms with van der Waals surface area (Å²) in [7, 11) is -7.31.